The van der Waals surface area contributed by atoms with E-state index < -0.39 is 0 Å². The van der Waals surface area contributed by atoms with Gasteiger partial charge in [0.05, 0.1) is 6.10 Å². The minimum absolute atomic E-state index is 0.277. The van der Waals surface area contributed by atoms with Crippen molar-refractivity contribution < 1.29 is 4.74 Å². The SMILES string of the molecule is CCC(C)N(C)CCNC(C)C(C)OC. The zero-order chi connectivity index (χ0) is 11.8. The molecule has 0 rings (SSSR count). The maximum Gasteiger partial charge on any atom is 0.0693 e. The van der Waals surface area contributed by atoms with Gasteiger partial charge in [0.25, 0.3) is 0 Å². The predicted molar refractivity (Wildman–Crippen MR) is 66.3 cm³/mol. The highest BCUT2D eigenvalue weighted by molar-refractivity contribution is 4.69. The standard InChI is InChI=1S/C12H28N2O/c1-7-10(2)14(5)9-8-13-11(3)12(4)15-6/h10-13H,7-9H2,1-6H3. The van der Waals surface area contributed by atoms with Crippen LogP contribution in [0.5, 0.6) is 0 Å². The number of likely N-dealkylation sites (N-methyl/N-ethyl adjacent to an activating group) is 1. The topological polar surface area (TPSA) is 24.5 Å². The van der Waals surface area contributed by atoms with Gasteiger partial charge in [-0.25, -0.2) is 0 Å². The average molecular weight is 216 g/mol. The summed E-state index contributed by atoms with van der Waals surface area (Å²) in [5, 5.41) is 3.48. The van der Waals surface area contributed by atoms with Crippen molar-refractivity contribution in [2.45, 2.75) is 52.3 Å². The first kappa shape index (κ1) is 14.9. The van der Waals surface area contributed by atoms with Gasteiger partial charge >= 0.3 is 0 Å². The summed E-state index contributed by atoms with van der Waals surface area (Å²) in [5.74, 6) is 0. The summed E-state index contributed by atoms with van der Waals surface area (Å²) >= 11 is 0. The first-order valence-electron chi connectivity index (χ1n) is 5.99. The molecule has 0 spiro atoms. The second-order valence-electron chi connectivity index (χ2n) is 4.42. The molecule has 0 aliphatic heterocycles. The number of rotatable bonds is 8. The van der Waals surface area contributed by atoms with Crippen molar-refractivity contribution in [3.63, 3.8) is 0 Å². The highest BCUT2D eigenvalue weighted by atomic mass is 16.5. The summed E-state index contributed by atoms with van der Waals surface area (Å²) in [5.41, 5.74) is 0. The maximum absolute atomic E-state index is 5.26. The number of hydrogen-bond donors (Lipinski definition) is 1. The van der Waals surface area contributed by atoms with Crippen LogP contribution in [0.15, 0.2) is 0 Å². The highest BCUT2D eigenvalue weighted by Gasteiger charge is 2.11. The Morgan fingerprint density at radius 1 is 1.27 bits per heavy atom. The number of nitrogens with one attached hydrogen (secondary N) is 1. The first-order chi connectivity index (χ1) is 7.02. The maximum atomic E-state index is 5.26. The summed E-state index contributed by atoms with van der Waals surface area (Å²) in [4.78, 5) is 2.39. The Balaban J connectivity index is 3.60. The van der Waals surface area contributed by atoms with E-state index in [1.54, 1.807) is 7.11 Å². The third-order valence-electron chi connectivity index (χ3n) is 3.35. The number of hydrogen-bond acceptors (Lipinski definition) is 3. The summed E-state index contributed by atoms with van der Waals surface area (Å²) in [6.07, 6.45) is 1.49. The number of methoxy groups -OCH3 is 1. The van der Waals surface area contributed by atoms with E-state index in [0.717, 1.165) is 13.1 Å². The van der Waals surface area contributed by atoms with Crippen LogP contribution < -0.4 is 5.32 Å². The lowest BCUT2D eigenvalue weighted by Crippen LogP contribution is -2.42. The van der Waals surface area contributed by atoms with Gasteiger partial charge in [-0.1, -0.05) is 6.92 Å². The van der Waals surface area contributed by atoms with Crippen molar-refractivity contribution in [1.29, 1.82) is 0 Å². The third-order valence-corrected chi connectivity index (χ3v) is 3.35. The lowest BCUT2D eigenvalue weighted by Gasteiger charge is -2.25. The van der Waals surface area contributed by atoms with Crippen molar-refractivity contribution in [1.82, 2.24) is 10.2 Å². The summed E-state index contributed by atoms with van der Waals surface area (Å²) < 4.78 is 5.26. The highest BCUT2D eigenvalue weighted by Crippen LogP contribution is 1.99. The monoisotopic (exact) mass is 216 g/mol. The molecule has 0 saturated carbocycles. The van der Waals surface area contributed by atoms with Crippen molar-refractivity contribution in [2.75, 3.05) is 27.2 Å². The quantitative estimate of drug-likeness (QED) is 0.669. The minimum Gasteiger partial charge on any atom is -0.380 e. The fourth-order valence-corrected chi connectivity index (χ4v) is 1.37. The molecule has 3 nitrogen and oxygen atoms in total. The molecular formula is C12H28N2O. The van der Waals surface area contributed by atoms with E-state index >= 15 is 0 Å². The second-order valence-corrected chi connectivity index (χ2v) is 4.42. The number of ether oxygens (including phenoxy) is 1. The Bertz CT molecular complexity index is 137. The molecule has 15 heavy (non-hydrogen) atoms. The van der Waals surface area contributed by atoms with E-state index in [-0.39, 0.29) is 6.10 Å². The van der Waals surface area contributed by atoms with Gasteiger partial charge in [0.1, 0.15) is 0 Å². The van der Waals surface area contributed by atoms with E-state index in [1.807, 2.05) is 0 Å². The van der Waals surface area contributed by atoms with Gasteiger partial charge < -0.3 is 15.0 Å². The molecule has 3 unspecified atom stereocenters. The lowest BCUT2D eigenvalue weighted by atomic mass is 10.2. The van der Waals surface area contributed by atoms with Gasteiger partial charge in [0.2, 0.25) is 0 Å². The van der Waals surface area contributed by atoms with Crippen molar-refractivity contribution in [3.05, 3.63) is 0 Å². The van der Waals surface area contributed by atoms with Crippen molar-refractivity contribution in [2.24, 2.45) is 0 Å². The minimum atomic E-state index is 0.277. The van der Waals surface area contributed by atoms with Crippen LogP contribution in [-0.2, 0) is 4.74 Å². The first-order valence-corrected chi connectivity index (χ1v) is 5.99. The Labute approximate surface area is 95.2 Å². The van der Waals surface area contributed by atoms with Crippen LogP contribution in [0.2, 0.25) is 0 Å². The van der Waals surface area contributed by atoms with Crippen LogP contribution in [0.3, 0.4) is 0 Å². The summed E-state index contributed by atoms with van der Waals surface area (Å²) in [6.45, 7) is 10.9. The molecule has 0 aromatic rings. The van der Waals surface area contributed by atoms with Crippen molar-refractivity contribution in [3.8, 4) is 0 Å². The Morgan fingerprint density at radius 2 is 1.87 bits per heavy atom. The molecule has 0 bridgehead atoms. The molecule has 1 N–H and O–H groups in total. The van der Waals surface area contributed by atoms with E-state index in [0.29, 0.717) is 12.1 Å². The Kier molecular flexibility index (Phi) is 8.02. The molecule has 0 radical (unpaired) electrons. The molecular weight excluding hydrogens is 188 g/mol. The zero-order valence-corrected chi connectivity index (χ0v) is 11.2. The smallest absolute Gasteiger partial charge is 0.0693 e. The molecule has 3 heteroatoms. The van der Waals surface area contributed by atoms with E-state index in [1.165, 1.54) is 6.42 Å². The largest absolute Gasteiger partial charge is 0.380 e. The van der Waals surface area contributed by atoms with E-state index in [2.05, 4.69) is 45.0 Å². The molecule has 3 atom stereocenters. The fraction of sp³-hybridized carbons (Fsp3) is 1.00. The van der Waals surface area contributed by atoms with Gasteiger partial charge in [-0.3, -0.25) is 0 Å². The second kappa shape index (κ2) is 8.08. The molecule has 0 fully saturated rings. The van der Waals surface area contributed by atoms with Crippen molar-refractivity contribution >= 4 is 0 Å². The van der Waals surface area contributed by atoms with Crippen LogP contribution in [0.4, 0.5) is 0 Å². The third kappa shape index (κ3) is 6.13. The molecule has 92 valence electrons. The zero-order valence-electron chi connectivity index (χ0n) is 11.2. The predicted octanol–water partition coefficient (Wildman–Crippen LogP) is 1.73. The van der Waals surface area contributed by atoms with Gasteiger partial charge in [-0.2, -0.15) is 0 Å². The summed E-state index contributed by atoms with van der Waals surface area (Å²) in [7, 11) is 3.94. The molecule has 0 aromatic heterocycles. The van der Waals surface area contributed by atoms with Gasteiger partial charge in [-0.05, 0) is 34.2 Å². The lowest BCUT2D eigenvalue weighted by molar-refractivity contribution is 0.0874. The molecule has 0 amide bonds. The van der Waals surface area contributed by atoms with Crippen LogP contribution in [0.1, 0.15) is 34.1 Å². The normalized spacial score (nSPS) is 17.8. The molecule has 0 saturated heterocycles. The fourth-order valence-electron chi connectivity index (χ4n) is 1.37. The molecule has 0 aliphatic carbocycles. The molecule has 0 aromatic carbocycles. The Hall–Kier alpha value is -0.120. The van der Waals surface area contributed by atoms with Gasteiger partial charge in [0, 0.05) is 32.3 Å². The Morgan fingerprint density at radius 3 is 2.33 bits per heavy atom. The van der Waals surface area contributed by atoms with Gasteiger partial charge in [0.15, 0.2) is 0 Å². The van der Waals surface area contributed by atoms with Crippen LogP contribution in [0.25, 0.3) is 0 Å². The van der Waals surface area contributed by atoms with Crippen LogP contribution >= 0.6 is 0 Å². The van der Waals surface area contributed by atoms with Crippen LogP contribution in [0, 0.1) is 0 Å². The van der Waals surface area contributed by atoms with Crippen LogP contribution in [-0.4, -0.2) is 50.3 Å². The molecule has 0 aliphatic rings. The number of nitrogens with zero attached hydrogens (tertiary/aromatic N) is 1. The van der Waals surface area contributed by atoms with E-state index in [4.69, 9.17) is 4.74 Å². The van der Waals surface area contributed by atoms with Gasteiger partial charge in [-0.15, -0.1) is 0 Å². The van der Waals surface area contributed by atoms with E-state index in [9.17, 15) is 0 Å². The molecule has 0 heterocycles. The average Bonchev–Trinajstić information content (AvgIpc) is 2.26. The summed E-state index contributed by atoms with van der Waals surface area (Å²) in [6, 6.07) is 1.09.